The molecule has 0 spiro atoms. The number of likely N-dealkylation sites (tertiary alicyclic amines) is 1. The summed E-state index contributed by atoms with van der Waals surface area (Å²) in [5.74, 6) is 7.96. The minimum Gasteiger partial charge on any atom is -0.497 e. The van der Waals surface area contributed by atoms with Gasteiger partial charge in [0.05, 0.1) is 31.4 Å². The molecule has 0 bridgehead atoms. The van der Waals surface area contributed by atoms with Gasteiger partial charge in [-0.2, -0.15) is 0 Å². The molecular formula is C24H26N4O3. The number of aromatic nitrogens is 1. The molecule has 0 atom stereocenters. The van der Waals surface area contributed by atoms with Crippen molar-refractivity contribution >= 4 is 11.7 Å². The fourth-order valence-corrected chi connectivity index (χ4v) is 3.54. The zero-order chi connectivity index (χ0) is 22.5. The van der Waals surface area contributed by atoms with Crippen LogP contribution in [0.25, 0.3) is 0 Å². The number of amidine groups is 1. The minimum absolute atomic E-state index is 0.0685. The molecule has 0 radical (unpaired) electrons. The summed E-state index contributed by atoms with van der Waals surface area (Å²) in [5.41, 5.74) is 9.41. The molecule has 0 aliphatic carbocycles. The highest BCUT2D eigenvalue weighted by molar-refractivity contribution is 6.01. The Kier molecular flexibility index (Phi) is 6.51. The summed E-state index contributed by atoms with van der Waals surface area (Å²) in [7, 11) is 3.19. The number of carbonyl (C=O) groups is 1. The molecule has 1 aromatic carbocycles. The molecule has 3 rings (SSSR count). The molecule has 1 amide bonds. The lowest BCUT2D eigenvalue weighted by atomic mass is 10.1. The van der Waals surface area contributed by atoms with Gasteiger partial charge in [0.1, 0.15) is 17.3 Å². The van der Waals surface area contributed by atoms with Crippen LogP contribution in [0.4, 0.5) is 0 Å². The number of hydrogen-bond donors (Lipinski definition) is 1. The molecule has 7 heteroatoms. The van der Waals surface area contributed by atoms with Gasteiger partial charge in [-0.05, 0) is 25.1 Å². The van der Waals surface area contributed by atoms with Crippen molar-refractivity contribution in [3.05, 3.63) is 72.2 Å². The average Bonchev–Trinajstić information content (AvgIpc) is 3.06. The smallest absolute Gasteiger partial charge is 0.246 e. The molecule has 1 aromatic heterocycles. The van der Waals surface area contributed by atoms with E-state index in [2.05, 4.69) is 34.6 Å². The normalized spacial score (nSPS) is 13.6. The van der Waals surface area contributed by atoms with E-state index in [1.165, 1.54) is 12.3 Å². The van der Waals surface area contributed by atoms with E-state index in [0.29, 0.717) is 30.4 Å². The molecule has 1 aliphatic heterocycles. The summed E-state index contributed by atoms with van der Waals surface area (Å²) in [5, 5.41) is 0. The van der Waals surface area contributed by atoms with E-state index >= 15 is 0 Å². The van der Waals surface area contributed by atoms with Crippen LogP contribution in [-0.4, -0.2) is 48.5 Å². The van der Waals surface area contributed by atoms with Crippen molar-refractivity contribution in [1.29, 1.82) is 0 Å². The van der Waals surface area contributed by atoms with Gasteiger partial charge in [-0.15, -0.1) is 0 Å². The highest BCUT2D eigenvalue weighted by Gasteiger charge is 2.32. The molecule has 2 aromatic rings. The molecule has 160 valence electrons. The molecule has 7 nitrogen and oxygen atoms in total. The van der Waals surface area contributed by atoms with E-state index in [1.807, 2.05) is 25.3 Å². The van der Waals surface area contributed by atoms with Crippen LogP contribution in [0.5, 0.6) is 11.5 Å². The van der Waals surface area contributed by atoms with Crippen LogP contribution in [0, 0.1) is 18.8 Å². The molecule has 1 aliphatic rings. The van der Waals surface area contributed by atoms with Gasteiger partial charge in [-0.25, -0.2) is 4.99 Å². The molecule has 1 saturated heterocycles. The fourth-order valence-electron chi connectivity index (χ4n) is 3.54. The fraction of sp³-hybridized carbons (Fsp3) is 0.250. The Bertz CT molecular complexity index is 1090. The van der Waals surface area contributed by atoms with Crippen molar-refractivity contribution in [2.45, 2.75) is 13.0 Å². The number of methoxy groups -OCH3 is 2. The number of hydrogen-bond acceptors (Lipinski definition) is 4. The third-order valence-electron chi connectivity index (χ3n) is 5.21. The Morgan fingerprint density at radius 3 is 2.39 bits per heavy atom. The Hall–Kier alpha value is -3.92. The van der Waals surface area contributed by atoms with Gasteiger partial charge >= 0.3 is 0 Å². The van der Waals surface area contributed by atoms with Crippen molar-refractivity contribution in [2.75, 3.05) is 27.3 Å². The monoisotopic (exact) mass is 418 g/mol. The number of rotatable bonds is 6. The van der Waals surface area contributed by atoms with E-state index in [1.54, 1.807) is 25.2 Å². The summed E-state index contributed by atoms with van der Waals surface area (Å²) in [4.78, 5) is 17.7. The predicted octanol–water partition coefficient (Wildman–Crippen LogP) is 2.63. The number of amides is 1. The maximum atomic E-state index is 11.8. The summed E-state index contributed by atoms with van der Waals surface area (Å²) < 4.78 is 12.7. The Morgan fingerprint density at radius 1 is 1.19 bits per heavy atom. The summed E-state index contributed by atoms with van der Waals surface area (Å²) in [6, 6.07) is 5.61. The Morgan fingerprint density at radius 2 is 1.84 bits per heavy atom. The van der Waals surface area contributed by atoms with Crippen LogP contribution in [0.15, 0.2) is 54.8 Å². The van der Waals surface area contributed by atoms with Crippen molar-refractivity contribution in [3.8, 4) is 23.3 Å². The van der Waals surface area contributed by atoms with Crippen LogP contribution in [0.3, 0.4) is 0 Å². The van der Waals surface area contributed by atoms with Gasteiger partial charge in [0.2, 0.25) is 5.91 Å². The maximum Gasteiger partial charge on any atom is 0.246 e. The number of ether oxygens (including phenoxy) is 2. The molecule has 31 heavy (non-hydrogen) atoms. The molecule has 1 fully saturated rings. The topological polar surface area (TPSA) is 82.1 Å². The van der Waals surface area contributed by atoms with E-state index < -0.39 is 0 Å². The lowest BCUT2D eigenvalue weighted by Gasteiger charge is -2.40. The number of aliphatic imine (C=N–C) groups is 1. The van der Waals surface area contributed by atoms with Gasteiger partial charge in [0, 0.05) is 42.8 Å². The van der Waals surface area contributed by atoms with Gasteiger partial charge in [0.25, 0.3) is 0 Å². The quantitative estimate of drug-likeness (QED) is 0.338. The van der Waals surface area contributed by atoms with Gasteiger partial charge in [-0.1, -0.05) is 25.0 Å². The number of benzene rings is 1. The summed E-state index contributed by atoms with van der Waals surface area (Å²) >= 11 is 0. The van der Waals surface area contributed by atoms with Crippen molar-refractivity contribution in [3.63, 3.8) is 0 Å². The molecule has 0 saturated carbocycles. The number of carbonyl (C=O) groups excluding carboxylic acids is 1. The summed E-state index contributed by atoms with van der Waals surface area (Å²) in [6.07, 6.45) is 4.70. The lowest BCUT2D eigenvalue weighted by Crippen LogP contribution is -2.50. The van der Waals surface area contributed by atoms with Crippen LogP contribution in [-0.2, 0) is 4.79 Å². The van der Waals surface area contributed by atoms with Gasteiger partial charge in [-0.3, -0.25) is 4.79 Å². The first kappa shape index (κ1) is 21.8. The minimum atomic E-state index is -0.0685. The molecule has 2 heterocycles. The zero-order valence-electron chi connectivity index (χ0n) is 18.0. The van der Waals surface area contributed by atoms with E-state index in [4.69, 9.17) is 15.2 Å². The molecular weight excluding hydrogens is 392 g/mol. The van der Waals surface area contributed by atoms with Crippen LogP contribution in [0.2, 0.25) is 0 Å². The second kappa shape index (κ2) is 9.26. The van der Waals surface area contributed by atoms with E-state index in [0.717, 1.165) is 22.4 Å². The standard InChI is InChI=1S/C24H26N4O3/c1-6-22(29)27-14-19(15-27)28-13-18(23(16(28)3)24(25)26-7-2)9-8-17-10-20(30-4)12-21(11-17)31-5/h6-7,10-13,19H,1-2,14-15H2,3-5H3,(H2,25,26). The summed E-state index contributed by atoms with van der Waals surface area (Å²) in [6.45, 7) is 10.4. The first-order valence-corrected chi connectivity index (χ1v) is 9.74. The van der Waals surface area contributed by atoms with Crippen molar-refractivity contribution in [1.82, 2.24) is 9.47 Å². The highest BCUT2D eigenvalue weighted by Crippen LogP contribution is 2.28. The van der Waals surface area contributed by atoms with E-state index in [9.17, 15) is 4.79 Å². The number of nitrogens with two attached hydrogens (primary N) is 1. The highest BCUT2D eigenvalue weighted by atomic mass is 16.5. The zero-order valence-corrected chi connectivity index (χ0v) is 18.0. The van der Waals surface area contributed by atoms with Gasteiger partial charge in [0.15, 0.2) is 0 Å². The second-order valence-corrected chi connectivity index (χ2v) is 7.06. The van der Waals surface area contributed by atoms with Crippen LogP contribution >= 0.6 is 0 Å². The maximum absolute atomic E-state index is 11.8. The van der Waals surface area contributed by atoms with Crippen LogP contribution < -0.4 is 15.2 Å². The van der Waals surface area contributed by atoms with Gasteiger partial charge < -0.3 is 24.7 Å². The van der Waals surface area contributed by atoms with Crippen molar-refractivity contribution in [2.24, 2.45) is 10.7 Å². The second-order valence-electron chi connectivity index (χ2n) is 7.06. The first-order valence-electron chi connectivity index (χ1n) is 9.74. The predicted molar refractivity (Wildman–Crippen MR) is 121 cm³/mol. The molecule has 2 N–H and O–H groups in total. The molecule has 0 unspecified atom stereocenters. The average molecular weight is 418 g/mol. The lowest BCUT2D eigenvalue weighted by molar-refractivity contribution is -0.131. The number of nitrogens with zero attached hydrogens (tertiary/aromatic N) is 3. The SMILES string of the molecule is C=CN=C(N)c1c(C#Cc2cc(OC)cc(OC)c2)cn(C2CN(C(=O)C=C)C2)c1C. The Labute approximate surface area is 182 Å². The Balaban J connectivity index is 2.00. The van der Waals surface area contributed by atoms with E-state index in [-0.39, 0.29) is 11.9 Å². The third-order valence-corrected chi connectivity index (χ3v) is 5.21. The largest absolute Gasteiger partial charge is 0.497 e. The van der Waals surface area contributed by atoms with Crippen LogP contribution in [0.1, 0.15) is 28.4 Å². The first-order chi connectivity index (χ1) is 14.9. The van der Waals surface area contributed by atoms with Crippen molar-refractivity contribution < 1.29 is 14.3 Å². The third kappa shape index (κ3) is 4.48.